The molecular formula is C25H25ClF2N2O5. The molecule has 2 atom stereocenters. The summed E-state index contributed by atoms with van der Waals surface area (Å²) >= 11 is 5.93. The largest absolute Gasteiger partial charge is 0.486 e. The van der Waals surface area contributed by atoms with Crippen LogP contribution >= 0.6 is 11.6 Å². The Balaban J connectivity index is 1.39. The summed E-state index contributed by atoms with van der Waals surface area (Å²) in [5, 5.41) is 14.3. The molecule has 2 aromatic carbocycles. The summed E-state index contributed by atoms with van der Waals surface area (Å²) in [6.45, 7) is 2.54. The van der Waals surface area contributed by atoms with Crippen molar-refractivity contribution in [3.8, 4) is 11.5 Å². The molecule has 1 aromatic heterocycles. The van der Waals surface area contributed by atoms with Crippen molar-refractivity contribution in [1.29, 1.82) is 0 Å². The smallest absolute Gasteiger partial charge is 0.380 e. The average Bonchev–Trinajstić information content (AvgIpc) is 3.52. The minimum Gasteiger partial charge on any atom is -0.486 e. The summed E-state index contributed by atoms with van der Waals surface area (Å²) < 4.78 is 46.7. The number of hydrogen-bond donors (Lipinski definition) is 2. The third-order valence-electron chi connectivity index (χ3n) is 6.33. The van der Waals surface area contributed by atoms with Gasteiger partial charge in [-0.15, -0.1) is 0 Å². The number of alkyl halides is 2. The van der Waals surface area contributed by atoms with E-state index in [9.17, 15) is 9.90 Å². The molecule has 7 nitrogen and oxygen atoms in total. The fraction of sp³-hybridized carbons (Fsp3) is 0.400. The lowest BCUT2D eigenvalue weighted by atomic mass is 10.0. The number of nitrogens with one attached hydrogen (secondary N) is 1. The number of fused-ring (bicyclic) bond motifs is 2. The van der Waals surface area contributed by atoms with Gasteiger partial charge in [0.2, 0.25) is 0 Å². The van der Waals surface area contributed by atoms with Gasteiger partial charge in [0.15, 0.2) is 17.3 Å². The lowest BCUT2D eigenvalue weighted by molar-refractivity contribution is -0.151. The van der Waals surface area contributed by atoms with Crippen molar-refractivity contribution >= 4 is 28.5 Å². The van der Waals surface area contributed by atoms with Crippen LogP contribution in [-0.4, -0.2) is 54.8 Å². The molecule has 2 aliphatic rings. The monoisotopic (exact) mass is 506 g/mol. The van der Waals surface area contributed by atoms with Gasteiger partial charge in [-0.25, -0.2) is 0 Å². The molecule has 1 fully saturated rings. The van der Waals surface area contributed by atoms with E-state index in [0.717, 1.165) is 32.0 Å². The van der Waals surface area contributed by atoms with Gasteiger partial charge in [-0.1, -0.05) is 17.7 Å². The molecule has 1 amide bonds. The molecule has 2 aliphatic heterocycles. The van der Waals surface area contributed by atoms with E-state index in [1.807, 2.05) is 4.90 Å². The van der Waals surface area contributed by atoms with Crippen LogP contribution in [0.25, 0.3) is 11.0 Å². The SMILES string of the molecule is O=C(N[C@H](CN1CCCC1)C(O)c1ccc2c(c1)OCCO2)C(F)(F)c1cc2cc(Cl)ccc2o1. The summed E-state index contributed by atoms with van der Waals surface area (Å²) in [5.41, 5.74) is 0.627. The predicted molar refractivity (Wildman–Crippen MR) is 125 cm³/mol. The Kier molecular flexibility index (Phi) is 6.57. The highest BCUT2D eigenvalue weighted by Crippen LogP contribution is 2.36. The Hall–Kier alpha value is -2.88. The highest BCUT2D eigenvalue weighted by Gasteiger charge is 2.46. The first-order valence-corrected chi connectivity index (χ1v) is 11.9. The molecule has 0 radical (unpaired) electrons. The van der Waals surface area contributed by atoms with Crippen LogP contribution in [0.1, 0.15) is 30.3 Å². The quantitative estimate of drug-likeness (QED) is 0.498. The number of likely N-dealkylation sites (tertiary alicyclic amines) is 1. The Morgan fingerprint density at radius 3 is 2.60 bits per heavy atom. The molecule has 5 rings (SSSR count). The minimum absolute atomic E-state index is 0.196. The van der Waals surface area contributed by atoms with Gasteiger partial charge in [0, 0.05) is 17.0 Å². The second-order valence-electron chi connectivity index (χ2n) is 8.80. The molecule has 0 bridgehead atoms. The van der Waals surface area contributed by atoms with E-state index in [4.69, 9.17) is 25.5 Å². The van der Waals surface area contributed by atoms with Crippen LogP contribution in [0.15, 0.2) is 46.9 Å². The number of rotatable bonds is 7. The van der Waals surface area contributed by atoms with Crippen molar-refractivity contribution in [2.45, 2.75) is 30.9 Å². The van der Waals surface area contributed by atoms with Gasteiger partial charge in [-0.3, -0.25) is 4.79 Å². The highest BCUT2D eigenvalue weighted by atomic mass is 35.5. The minimum atomic E-state index is -3.96. The summed E-state index contributed by atoms with van der Waals surface area (Å²) in [4.78, 5) is 14.9. The Bertz CT molecular complexity index is 1230. The first-order chi connectivity index (χ1) is 16.8. The van der Waals surface area contributed by atoms with E-state index < -0.39 is 29.7 Å². The summed E-state index contributed by atoms with van der Waals surface area (Å²) in [6, 6.07) is 9.50. The molecule has 0 saturated carbocycles. The zero-order valence-electron chi connectivity index (χ0n) is 18.8. The van der Waals surface area contributed by atoms with Gasteiger partial charge in [0.25, 0.3) is 5.91 Å². The molecule has 1 unspecified atom stereocenters. The molecule has 3 aromatic rings. The molecule has 35 heavy (non-hydrogen) atoms. The highest BCUT2D eigenvalue weighted by molar-refractivity contribution is 6.31. The summed E-state index contributed by atoms with van der Waals surface area (Å²) in [6.07, 6.45) is 0.692. The van der Waals surface area contributed by atoms with E-state index in [-0.39, 0.29) is 12.1 Å². The van der Waals surface area contributed by atoms with Gasteiger partial charge in [-0.2, -0.15) is 8.78 Å². The second-order valence-corrected chi connectivity index (χ2v) is 9.24. The maximum Gasteiger partial charge on any atom is 0.380 e. The molecule has 3 heterocycles. The van der Waals surface area contributed by atoms with Crippen LogP contribution < -0.4 is 14.8 Å². The van der Waals surface area contributed by atoms with Crippen LogP contribution in [0.3, 0.4) is 0 Å². The Morgan fingerprint density at radius 1 is 1.09 bits per heavy atom. The van der Waals surface area contributed by atoms with Crippen molar-refractivity contribution in [2.24, 2.45) is 0 Å². The maximum atomic E-state index is 15.2. The van der Waals surface area contributed by atoms with E-state index >= 15 is 8.78 Å². The van der Waals surface area contributed by atoms with Crippen molar-refractivity contribution in [3.63, 3.8) is 0 Å². The molecule has 0 spiro atoms. The van der Waals surface area contributed by atoms with Crippen molar-refractivity contribution in [2.75, 3.05) is 32.8 Å². The third-order valence-corrected chi connectivity index (χ3v) is 6.57. The molecule has 186 valence electrons. The normalized spacial score (nSPS) is 17.9. The molecule has 1 saturated heterocycles. The summed E-state index contributed by atoms with van der Waals surface area (Å²) in [7, 11) is 0. The lowest BCUT2D eigenvalue weighted by Gasteiger charge is -2.30. The first-order valence-electron chi connectivity index (χ1n) is 11.5. The molecule has 10 heteroatoms. The third kappa shape index (κ3) is 4.94. The standard InChI is InChI=1S/C25H25ClF2N2O5/c26-17-4-6-19-16(11-17)13-22(35-19)25(27,28)24(32)29-18(14-30-7-1-2-8-30)23(31)15-3-5-20-21(12-15)34-10-9-33-20/h3-6,11-13,18,23,31H,1-2,7-10,14H2,(H,29,32)/t18-,23?/m1/s1. The number of hydrogen-bond acceptors (Lipinski definition) is 6. The fourth-order valence-corrected chi connectivity index (χ4v) is 4.66. The lowest BCUT2D eigenvalue weighted by Crippen LogP contribution is -2.50. The van der Waals surface area contributed by atoms with Crippen LogP contribution in [-0.2, 0) is 10.7 Å². The van der Waals surface area contributed by atoms with Gasteiger partial charge < -0.3 is 29.2 Å². The number of amides is 1. The average molecular weight is 507 g/mol. The number of nitrogens with zero attached hydrogens (tertiary/aromatic N) is 1. The Morgan fingerprint density at radius 2 is 1.83 bits per heavy atom. The predicted octanol–water partition coefficient (Wildman–Crippen LogP) is 4.26. The van der Waals surface area contributed by atoms with E-state index in [1.54, 1.807) is 18.2 Å². The van der Waals surface area contributed by atoms with Gasteiger partial charge in [0.05, 0.1) is 6.04 Å². The zero-order chi connectivity index (χ0) is 24.6. The van der Waals surface area contributed by atoms with Crippen LogP contribution in [0.4, 0.5) is 8.78 Å². The number of carbonyl (C=O) groups is 1. The number of aliphatic hydroxyl groups excluding tert-OH is 1. The van der Waals surface area contributed by atoms with E-state index in [0.29, 0.717) is 40.7 Å². The number of benzene rings is 2. The number of carbonyl (C=O) groups excluding carboxylic acids is 1. The molecule has 0 aliphatic carbocycles. The van der Waals surface area contributed by atoms with Crippen molar-refractivity contribution in [1.82, 2.24) is 10.2 Å². The Labute approximate surface area is 205 Å². The molecule has 2 N–H and O–H groups in total. The van der Waals surface area contributed by atoms with Gasteiger partial charge in [0.1, 0.15) is 24.9 Å². The zero-order valence-corrected chi connectivity index (χ0v) is 19.6. The van der Waals surface area contributed by atoms with Crippen molar-refractivity contribution in [3.05, 3.63) is 58.8 Å². The topological polar surface area (TPSA) is 84.2 Å². The van der Waals surface area contributed by atoms with Crippen LogP contribution in [0, 0.1) is 0 Å². The van der Waals surface area contributed by atoms with E-state index in [1.165, 1.54) is 18.2 Å². The van der Waals surface area contributed by atoms with Crippen LogP contribution in [0.5, 0.6) is 11.5 Å². The van der Waals surface area contributed by atoms with Crippen LogP contribution in [0.2, 0.25) is 5.02 Å². The fourth-order valence-electron chi connectivity index (χ4n) is 4.48. The number of halogens is 3. The van der Waals surface area contributed by atoms with Gasteiger partial charge in [-0.05, 0) is 67.9 Å². The maximum absolute atomic E-state index is 15.2. The number of ether oxygens (including phenoxy) is 2. The number of furan rings is 1. The molecular weight excluding hydrogens is 482 g/mol. The summed E-state index contributed by atoms with van der Waals surface area (Å²) in [5.74, 6) is -5.29. The first kappa shape index (κ1) is 23.8. The van der Waals surface area contributed by atoms with E-state index in [2.05, 4.69) is 5.32 Å². The van der Waals surface area contributed by atoms with Crippen molar-refractivity contribution < 1.29 is 32.6 Å². The number of aliphatic hydroxyl groups is 1. The van der Waals surface area contributed by atoms with Gasteiger partial charge >= 0.3 is 5.92 Å². The second kappa shape index (κ2) is 9.64.